The molecule has 1 aromatic heterocycles. The number of rotatable bonds is 4. The van der Waals surface area contributed by atoms with E-state index in [1.54, 1.807) is 29.5 Å². The van der Waals surface area contributed by atoms with E-state index in [2.05, 4.69) is 21.7 Å². The van der Waals surface area contributed by atoms with Gasteiger partial charge in [0.1, 0.15) is 5.69 Å². The van der Waals surface area contributed by atoms with Gasteiger partial charge in [-0.2, -0.15) is 11.3 Å². The molecular formula is C20H23N3O3S. The Hall–Kier alpha value is -2.41. The van der Waals surface area contributed by atoms with Gasteiger partial charge in [0.15, 0.2) is 0 Å². The zero-order valence-electron chi connectivity index (χ0n) is 15.1. The molecule has 7 heteroatoms. The third-order valence-corrected chi connectivity index (χ3v) is 6.43. The molecule has 1 atom stereocenters. The van der Waals surface area contributed by atoms with Crippen LogP contribution in [0.1, 0.15) is 37.3 Å². The fourth-order valence-electron chi connectivity index (χ4n) is 4.33. The smallest absolute Gasteiger partial charge is 0.292 e. The molecule has 4 rings (SSSR count). The first kappa shape index (κ1) is 18.0. The van der Waals surface area contributed by atoms with Crippen LogP contribution in [0, 0.1) is 16.0 Å². The summed E-state index contributed by atoms with van der Waals surface area (Å²) in [7, 11) is 0. The van der Waals surface area contributed by atoms with E-state index in [9.17, 15) is 14.9 Å². The minimum absolute atomic E-state index is 0.0169. The number of amides is 1. The van der Waals surface area contributed by atoms with Gasteiger partial charge in [0.25, 0.3) is 5.69 Å². The number of benzene rings is 1. The first-order chi connectivity index (χ1) is 13.1. The molecule has 2 aromatic rings. The van der Waals surface area contributed by atoms with Gasteiger partial charge in [-0.15, -0.1) is 0 Å². The third kappa shape index (κ3) is 3.56. The SMILES string of the molecule is O=C(C1CCN(c2ccccc2[N+](=O)[O-])CC1)N1CCC[C@@H]1c1ccsc1. The quantitative estimate of drug-likeness (QED) is 0.583. The van der Waals surface area contributed by atoms with Crippen LogP contribution in [0.4, 0.5) is 11.4 Å². The van der Waals surface area contributed by atoms with Crippen LogP contribution in [-0.4, -0.2) is 35.4 Å². The second-order valence-corrected chi connectivity index (χ2v) is 8.03. The molecule has 6 nitrogen and oxygen atoms in total. The molecule has 0 spiro atoms. The van der Waals surface area contributed by atoms with E-state index in [-0.39, 0.29) is 28.5 Å². The van der Waals surface area contributed by atoms with Crippen molar-refractivity contribution < 1.29 is 9.72 Å². The number of nitro groups is 1. The average Bonchev–Trinajstić information content (AvgIpc) is 3.39. The van der Waals surface area contributed by atoms with Crippen molar-refractivity contribution in [1.82, 2.24) is 4.90 Å². The summed E-state index contributed by atoms with van der Waals surface area (Å²) in [6, 6.07) is 9.20. The van der Waals surface area contributed by atoms with Crippen molar-refractivity contribution in [1.29, 1.82) is 0 Å². The highest BCUT2D eigenvalue weighted by atomic mass is 32.1. The van der Waals surface area contributed by atoms with Crippen molar-refractivity contribution in [2.75, 3.05) is 24.5 Å². The Labute approximate surface area is 162 Å². The molecule has 2 aliphatic heterocycles. The number of carbonyl (C=O) groups is 1. The number of para-hydroxylation sites is 2. The number of nitrogens with zero attached hydrogens (tertiary/aromatic N) is 3. The maximum atomic E-state index is 13.1. The van der Waals surface area contributed by atoms with Crippen LogP contribution in [0.15, 0.2) is 41.1 Å². The number of piperidine rings is 1. The highest BCUT2D eigenvalue weighted by Gasteiger charge is 2.36. The molecule has 0 radical (unpaired) electrons. The normalized spacial score (nSPS) is 20.8. The van der Waals surface area contributed by atoms with Crippen LogP contribution < -0.4 is 4.90 Å². The summed E-state index contributed by atoms with van der Waals surface area (Å²) in [6.45, 7) is 2.19. The van der Waals surface area contributed by atoms with Crippen molar-refractivity contribution in [3.63, 3.8) is 0 Å². The van der Waals surface area contributed by atoms with E-state index >= 15 is 0 Å². The van der Waals surface area contributed by atoms with Crippen molar-refractivity contribution in [2.24, 2.45) is 5.92 Å². The lowest BCUT2D eigenvalue weighted by atomic mass is 9.94. The summed E-state index contributed by atoms with van der Waals surface area (Å²) in [5, 5.41) is 15.5. The van der Waals surface area contributed by atoms with Gasteiger partial charge in [0.2, 0.25) is 5.91 Å². The van der Waals surface area contributed by atoms with Gasteiger partial charge in [-0.3, -0.25) is 14.9 Å². The molecule has 0 bridgehead atoms. The van der Waals surface area contributed by atoms with Crippen LogP contribution in [0.5, 0.6) is 0 Å². The van der Waals surface area contributed by atoms with Gasteiger partial charge in [0.05, 0.1) is 11.0 Å². The summed E-state index contributed by atoms with van der Waals surface area (Å²) in [4.78, 5) is 28.2. The second kappa shape index (κ2) is 7.68. The monoisotopic (exact) mass is 385 g/mol. The summed E-state index contributed by atoms with van der Waals surface area (Å²) in [6.07, 6.45) is 3.59. The van der Waals surface area contributed by atoms with Gasteiger partial charge in [-0.1, -0.05) is 12.1 Å². The van der Waals surface area contributed by atoms with Gasteiger partial charge >= 0.3 is 0 Å². The molecule has 0 unspecified atom stereocenters. The number of likely N-dealkylation sites (tertiary alicyclic amines) is 1. The Morgan fingerprint density at radius 2 is 1.89 bits per heavy atom. The molecule has 0 saturated carbocycles. The molecule has 142 valence electrons. The molecule has 3 heterocycles. The Morgan fingerprint density at radius 1 is 1.11 bits per heavy atom. The fraction of sp³-hybridized carbons (Fsp3) is 0.450. The number of hydrogen-bond donors (Lipinski definition) is 0. The molecular weight excluding hydrogens is 362 g/mol. The Kier molecular flexibility index (Phi) is 5.11. The van der Waals surface area contributed by atoms with Gasteiger partial charge < -0.3 is 9.80 Å². The molecule has 0 aliphatic carbocycles. The van der Waals surface area contributed by atoms with Gasteiger partial charge in [-0.05, 0) is 54.1 Å². The van der Waals surface area contributed by atoms with Crippen molar-refractivity contribution in [3.05, 3.63) is 56.8 Å². The van der Waals surface area contributed by atoms with Gasteiger partial charge in [-0.25, -0.2) is 0 Å². The molecule has 1 aromatic carbocycles. The molecule has 27 heavy (non-hydrogen) atoms. The molecule has 1 amide bonds. The third-order valence-electron chi connectivity index (χ3n) is 5.73. The highest BCUT2D eigenvalue weighted by Crippen LogP contribution is 2.36. The maximum absolute atomic E-state index is 13.1. The van der Waals surface area contributed by atoms with E-state index < -0.39 is 0 Å². The lowest BCUT2D eigenvalue weighted by molar-refractivity contribution is -0.384. The van der Waals surface area contributed by atoms with E-state index in [0.29, 0.717) is 18.8 Å². The van der Waals surface area contributed by atoms with E-state index in [4.69, 9.17) is 0 Å². The lowest BCUT2D eigenvalue weighted by Crippen LogP contribution is -2.42. The summed E-state index contributed by atoms with van der Waals surface area (Å²) in [5.74, 6) is 0.272. The van der Waals surface area contributed by atoms with Crippen LogP contribution in [0.3, 0.4) is 0 Å². The number of anilines is 1. The highest BCUT2D eigenvalue weighted by molar-refractivity contribution is 7.08. The Morgan fingerprint density at radius 3 is 2.59 bits per heavy atom. The number of thiophene rings is 1. The molecule has 2 fully saturated rings. The fourth-order valence-corrected chi connectivity index (χ4v) is 5.04. The van der Waals surface area contributed by atoms with Crippen LogP contribution >= 0.6 is 11.3 Å². The standard InChI is InChI=1S/C20H23N3O3S/c24-20(22-10-3-6-17(22)16-9-13-27-14-16)15-7-11-21(12-8-15)18-4-1-2-5-19(18)23(25)26/h1-2,4-5,9,13-15,17H,3,6-8,10-12H2/t17-/m1/s1. The number of nitro benzene ring substituents is 1. The first-order valence-electron chi connectivity index (χ1n) is 9.46. The maximum Gasteiger partial charge on any atom is 0.292 e. The van der Waals surface area contributed by atoms with Crippen LogP contribution in [0.2, 0.25) is 0 Å². The lowest BCUT2D eigenvalue weighted by Gasteiger charge is -2.35. The first-order valence-corrected chi connectivity index (χ1v) is 10.4. The van der Waals surface area contributed by atoms with Crippen LogP contribution in [-0.2, 0) is 4.79 Å². The number of hydrogen-bond acceptors (Lipinski definition) is 5. The second-order valence-electron chi connectivity index (χ2n) is 7.25. The Balaban J connectivity index is 1.42. The van der Waals surface area contributed by atoms with Gasteiger partial charge in [0, 0.05) is 31.6 Å². The van der Waals surface area contributed by atoms with Crippen molar-refractivity contribution in [3.8, 4) is 0 Å². The van der Waals surface area contributed by atoms with E-state index in [0.717, 1.165) is 32.2 Å². The average molecular weight is 385 g/mol. The topological polar surface area (TPSA) is 66.7 Å². The Bertz CT molecular complexity index is 816. The van der Waals surface area contributed by atoms with Crippen molar-refractivity contribution >= 4 is 28.6 Å². The molecule has 2 aliphatic rings. The van der Waals surface area contributed by atoms with Crippen LogP contribution in [0.25, 0.3) is 0 Å². The minimum atomic E-state index is -0.331. The predicted octanol–water partition coefficient (Wildman–Crippen LogP) is 4.24. The predicted molar refractivity (Wildman–Crippen MR) is 106 cm³/mol. The van der Waals surface area contributed by atoms with Crippen molar-refractivity contribution in [2.45, 2.75) is 31.7 Å². The largest absolute Gasteiger partial charge is 0.366 e. The summed E-state index contributed by atoms with van der Waals surface area (Å²) < 4.78 is 0. The zero-order chi connectivity index (χ0) is 18.8. The summed E-state index contributed by atoms with van der Waals surface area (Å²) >= 11 is 1.68. The molecule has 2 saturated heterocycles. The zero-order valence-corrected chi connectivity index (χ0v) is 15.9. The summed E-state index contributed by atoms with van der Waals surface area (Å²) in [5.41, 5.74) is 2.05. The number of carbonyl (C=O) groups excluding carboxylic acids is 1. The molecule has 0 N–H and O–H groups in total. The minimum Gasteiger partial charge on any atom is -0.366 e. The van der Waals surface area contributed by atoms with E-state index in [1.807, 2.05) is 11.0 Å². The van der Waals surface area contributed by atoms with E-state index in [1.165, 1.54) is 5.56 Å².